The number of piperidine rings is 1. The van der Waals surface area contributed by atoms with Crippen molar-refractivity contribution in [1.29, 1.82) is 0 Å². The Morgan fingerprint density at radius 2 is 2.26 bits per heavy atom. The topological polar surface area (TPSA) is 84.5 Å². The van der Waals surface area contributed by atoms with Gasteiger partial charge in [0, 0.05) is 25.1 Å². The van der Waals surface area contributed by atoms with Crippen molar-refractivity contribution in [2.24, 2.45) is 0 Å². The molecule has 0 unspecified atom stereocenters. The van der Waals surface area contributed by atoms with Crippen LogP contribution in [0, 0.1) is 6.92 Å². The van der Waals surface area contributed by atoms with E-state index in [0.29, 0.717) is 11.7 Å². The molecule has 2 aromatic heterocycles. The summed E-state index contributed by atoms with van der Waals surface area (Å²) in [6.07, 6.45) is 2.19. The number of phenols is 1. The van der Waals surface area contributed by atoms with Gasteiger partial charge in [-0.25, -0.2) is 0 Å². The maximum Gasteiger partial charge on any atom is 0.180 e. The summed E-state index contributed by atoms with van der Waals surface area (Å²) >= 11 is 1.36. The molecule has 1 fully saturated rings. The Balaban J connectivity index is 1.50. The van der Waals surface area contributed by atoms with E-state index in [2.05, 4.69) is 19.6 Å². The highest BCUT2D eigenvalue weighted by molar-refractivity contribution is 7.09. The van der Waals surface area contributed by atoms with Gasteiger partial charge in [-0.2, -0.15) is 0 Å². The van der Waals surface area contributed by atoms with Crippen LogP contribution in [-0.2, 0) is 6.54 Å². The van der Waals surface area contributed by atoms with Crippen molar-refractivity contribution in [3.63, 3.8) is 0 Å². The normalized spacial score (nSPS) is 17.9. The number of nitrogens with zero attached hydrogens (tertiary/aromatic N) is 4. The summed E-state index contributed by atoms with van der Waals surface area (Å²) in [7, 11) is 1.57. The molecule has 27 heavy (non-hydrogen) atoms. The number of ether oxygens (including phenoxy) is 1. The minimum Gasteiger partial charge on any atom is -0.504 e. The van der Waals surface area contributed by atoms with E-state index in [9.17, 15) is 5.11 Å². The number of hydrogen-bond acceptors (Lipinski definition) is 8. The predicted octanol–water partition coefficient (Wildman–Crippen LogP) is 3.60. The highest BCUT2D eigenvalue weighted by Gasteiger charge is 2.28. The lowest BCUT2D eigenvalue weighted by molar-refractivity contribution is 0.198. The van der Waals surface area contributed by atoms with Gasteiger partial charge in [0.25, 0.3) is 0 Å². The fourth-order valence-corrected chi connectivity index (χ4v) is 4.30. The van der Waals surface area contributed by atoms with E-state index >= 15 is 0 Å². The molecule has 1 saturated heterocycles. The third-order valence-electron chi connectivity index (χ3n) is 4.91. The monoisotopic (exact) mass is 386 g/mol. The van der Waals surface area contributed by atoms with E-state index in [1.54, 1.807) is 13.2 Å². The zero-order chi connectivity index (χ0) is 18.8. The number of hydrogen-bond donors (Lipinski definition) is 1. The molecule has 0 bridgehead atoms. The van der Waals surface area contributed by atoms with Crippen LogP contribution in [0.15, 0.2) is 28.8 Å². The van der Waals surface area contributed by atoms with Gasteiger partial charge < -0.3 is 14.4 Å². The van der Waals surface area contributed by atoms with Gasteiger partial charge in [-0.15, -0.1) is 5.10 Å². The fraction of sp³-hybridized carbons (Fsp3) is 0.421. The smallest absolute Gasteiger partial charge is 0.180 e. The summed E-state index contributed by atoms with van der Waals surface area (Å²) in [5.74, 6) is 1.74. The second-order valence-electron chi connectivity index (χ2n) is 6.90. The first-order chi connectivity index (χ1) is 13.1. The first-order valence-corrected chi connectivity index (χ1v) is 9.75. The molecule has 1 aromatic carbocycles. The van der Waals surface area contributed by atoms with E-state index in [1.807, 2.05) is 25.1 Å². The number of aryl methyl sites for hydroxylation is 1. The summed E-state index contributed by atoms with van der Waals surface area (Å²) in [6.45, 7) is 4.67. The van der Waals surface area contributed by atoms with Crippen molar-refractivity contribution >= 4 is 11.5 Å². The average Bonchev–Trinajstić information content (AvgIpc) is 3.32. The van der Waals surface area contributed by atoms with Crippen LogP contribution in [0.4, 0.5) is 0 Å². The molecule has 7 nitrogen and oxygen atoms in total. The van der Waals surface area contributed by atoms with Crippen LogP contribution in [0.25, 0.3) is 10.6 Å². The minimum absolute atomic E-state index is 0.165. The Morgan fingerprint density at radius 1 is 1.37 bits per heavy atom. The molecular formula is C19H22N4O3S. The van der Waals surface area contributed by atoms with Crippen LogP contribution in [0.5, 0.6) is 11.5 Å². The van der Waals surface area contributed by atoms with E-state index in [0.717, 1.165) is 60.1 Å². The number of phenolic OH excluding ortho intramolecular Hbond substituents is 1. The molecule has 1 aliphatic rings. The van der Waals surface area contributed by atoms with Gasteiger partial charge in [-0.05, 0) is 55.5 Å². The molecule has 142 valence electrons. The number of likely N-dealkylation sites (tertiary alicyclic amines) is 1. The number of benzene rings is 1. The second-order valence-corrected chi connectivity index (χ2v) is 7.65. The molecule has 1 atom stereocenters. The fourth-order valence-electron chi connectivity index (χ4n) is 3.61. The summed E-state index contributed by atoms with van der Waals surface area (Å²) in [4.78, 5) is 3.39. The quantitative estimate of drug-likeness (QED) is 0.717. The summed E-state index contributed by atoms with van der Waals surface area (Å²) in [5.41, 5.74) is 2.98. The minimum atomic E-state index is 0.165. The van der Waals surface area contributed by atoms with Gasteiger partial charge in [0.05, 0.1) is 18.5 Å². The van der Waals surface area contributed by atoms with Crippen molar-refractivity contribution < 1.29 is 14.4 Å². The van der Waals surface area contributed by atoms with E-state index in [1.165, 1.54) is 11.5 Å². The molecule has 8 heteroatoms. The van der Waals surface area contributed by atoms with Crippen molar-refractivity contribution in [3.05, 3.63) is 41.2 Å². The zero-order valence-electron chi connectivity index (χ0n) is 15.4. The zero-order valence-corrected chi connectivity index (χ0v) is 16.2. The third-order valence-corrected chi connectivity index (χ3v) is 5.66. The molecular weight excluding hydrogens is 364 g/mol. The maximum absolute atomic E-state index is 9.78. The van der Waals surface area contributed by atoms with Crippen molar-refractivity contribution in [1.82, 2.24) is 19.6 Å². The molecule has 0 spiro atoms. The summed E-state index contributed by atoms with van der Waals surface area (Å²) in [5, 5.41) is 18.2. The molecule has 4 rings (SSSR count). The summed E-state index contributed by atoms with van der Waals surface area (Å²) < 4.78 is 14.8. The van der Waals surface area contributed by atoms with Gasteiger partial charge in [-0.3, -0.25) is 4.90 Å². The largest absolute Gasteiger partial charge is 0.504 e. The van der Waals surface area contributed by atoms with Crippen LogP contribution in [0.2, 0.25) is 0 Å². The molecule has 0 amide bonds. The SMILES string of the molecule is COc1cc(CN2CCC[C@H](c3nnsc3-c3cc(C)no3)C2)ccc1O. The van der Waals surface area contributed by atoms with Gasteiger partial charge in [0.15, 0.2) is 17.3 Å². The van der Waals surface area contributed by atoms with Crippen LogP contribution < -0.4 is 4.74 Å². The Bertz CT molecular complexity index is 923. The Morgan fingerprint density at radius 3 is 3.04 bits per heavy atom. The standard InChI is InChI=1S/C19H22N4O3S/c1-12-8-17(26-21-12)19-18(20-22-27-19)14-4-3-7-23(11-14)10-13-5-6-15(24)16(9-13)25-2/h5-6,8-9,14,24H,3-4,7,10-11H2,1-2H3/t14-/m0/s1. The summed E-state index contributed by atoms with van der Waals surface area (Å²) in [6, 6.07) is 7.45. The van der Waals surface area contributed by atoms with Crippen molar-refractivity contribution in [3.8, 4) is 22.1 Å². The van der Waals surface area contributed by atoms with Gasteiger partial charge in [0.1, 0.15) is 4.88 Å². The van der Waals surface area contributed by atoms with Crippen LogP contribution in [0.3, 0.4) is 0 Å². The van der Waals surface area contributed by atoms with E-state index in [4.69, 9.17) is 9.26 Å². The Kier molecular flexibility index (Phi) is 5.09. The van der Waals surface area contributed by atoms with Crippen LogP contribution in [-0.4, -0.2) is 44.9 Å². The highest BCUT2D eigenvalue weighted by Crippen LogP contribution is 2.36. The van der Waals surface area contributed by atoms with Crippen molar-refractivity contribution in [2.75, 3.05) is 20.2 Å². The number of aromatic nitrogens is 3. The number of rotatable bonds is 5. The Labute approximate surface area is 161 Å². The van der Waals surface area contributed by atoms with E-state index < -0.39 is 0 Å². The third kappa shape index (κ3) is 3.81. The molecule has 0 aliphatic carbocycles. The highest BCUT2D eigenvalue weighted by atomic mass is 32.1. The molecule has 0 saturated carbocycles. The number of methoxy groups -OCH3 is 1. The van der Waals surface area contributed by atoms with Crippen LogP contribution in [0.1, 0.15) is 35.7 Å². The molecule has 3 aromatic rings. The second kappa shape index (κ2) is 7.66. The molecule has 0 radical (unpaired) electrons. The van der Waals surface area contributed by atoms with E-state index in [-0.39, 0.29) is 5.75 Å². The number of aromatic hydroxyl groups is 1. The van der Waals surface area contributed by atoms with Crippen molar-refractivity contribution in [2.45, 2.75) is 32.2 Å². The Hall–Kier alpha value is -2.45. The van der Waals surface area contributed by atoms with Gasteiger partial charge >= 0.3 is 0 Å². The average molecular weight is 386 g/mol. The maximum atomic E-state index is 9.78. The lowest BCUT2D eigenvalue weighted by atomic mass is 9.93. The molecule has 3 heterocycles. The first-order valence-electron chi connectivity index (χ1n) is 8.98. The predicted molar refractivity (Wildman–Crippen MR) is 102 cm³/mol. The first kappa shape index (κ1) is 17.9. The van der Waals surface area contributed by atoms with Crippen LogP contribution >= 0.6 is 11.5 Å². The molecule has 1 N–H and O–H groups in total. The van der Waals surface area contributed by atoms with Gasteiger partial charge in [-0.1, -0.05) is 15.7 Å². The van der Waals surface area contributed by atoms with Gasteiger partial charge in [0.2, 0.25) is 0 Å². The lowest BCUT2D eigenvalue weighted by Crippen LogP contribution is -2.34. The lowest BCUT2D eigenvalue weighted by Gasteiger charge is -2.32. The molecule has 1 aliphatic heterocycles.